The molecule has 0 saturated carbocycles. The van der Waals surface area contributed by atoms with Crippen molar-refractivity contribution in [1.82, 2.24) is 24.6 Å². The Morgan fingerprint density at radius 1 is 1.03 bits per heavy atom. The van der Waals surface area contributed by atoms with Crippen molar-refractivity contribution < 1.29 is 9.18 Å². The van der Waals surface area contributed by atoms with Crippen LogP contribution < -0.4 is 0 Å². The van der Waals surface area contributed by atoms with Gasteiger partial charge >= 0.3 is 0 Å². The van der Waals surface area contributed by atoms with Crippen LogP contribution in [0.3, 0.4) is 0 Å². The molecule has 174 valence electrons. The minimum atomic E-state index is -0.222. The molecule has 0 spiro atoms. The molecule has 34 heavy (non-hydrogen) atoms. The van der Waals surface area contributed by atoms with Crippen LogP contribution in [0.15, 0.2) is 60.8 Å². The van der Waals surface area contributed by atoms with Crippen molar-refractivity contribution in [3.05, 3.63) is 83.4 Å². The lowest BCUT2D eigenvalue weighted by Gasteiger charge is -2.35. The maximum atomic E-state index is 13.7. The Labute approximate surface area is 198 Å². The van der Waals surface area contributed by atoms with E-state index in [2.05, 4.69) is 16.9 Å². The predicted molar refractivity (Wildman–Crippen MR) is 131 cm³/mol. The van der Waals surface area contributed by atoms with Gasteiger partial charge in [0.1, 0.15) is 5.82 Å². The van der Waals surface area contributed by atoms with Gasteiger partial charge in [0.2, 0.25) is 0 Å². The molecular formula is C27H28FN5O. The molecule has 0 atom stereocenters. The molecule has 4 aromatic rings. The van der Waals surface area contributed by atoms with E-state index in [1.165, 1.54) is 12.1 Å². The minimum absolute atomic E-state index is 0.0295. The Balaban J connectivity index is 1.38. The number of piperazine rings is 1. The van der Waals surface area contributed by atoms with Gasteiger partial charge in [0.25, 0.3) is 5.91 Å². The molecule has 1 aliphatic rings. The van der Waals surface area contributed by atoms with Gasteiger partial charge in [0, 0.05) is 55.9 Å². The second-order valence-electron chi connectivity index (χ2n) is 8.73. The third-order valence-electron chi connectivity index (χ3n) is 6.60. The first-order valence-electron chi connectivity index (χ1n) is 11.7. The number of para-hydroxylation sites is 1. The van der Waals surface area contributed by atoms with Gasteiger partial charge in [0.05, 0.1) is 23.0 Å². The molecule has 5 rings (SSSR count). The van der Waals surface area contributed by atoms with Crippen LogP contribution in [0.2, 0.25) is 0 Å². The largest absolute Gasteiger partial charge is 0.336 e. The summed E-state index contributed by atoms with van der Waals surface area (Å²) in [7, 11) is 0. The lowest BCUT2D eigenvalue weighted by molar-refractivity contribution is 0.0630. The van der Waals surface area contributed by atoms with Crippen molar-refractivity contribution in [3.8, 4) is 11.3 Å². The minimum Gasteiger partial charge on any atom is -0.336 e. The molecule has 1 fully saturated rings. The third-order valence-corrected chi connectivity index (χ3v) is 6.60. The molecule has 0 radical (unpaired) electrons. The first-order chi connectivity index (χ1) is 16.5. The van der Waals surface area contributed by atoms with E-state index in [-0.39, 0.29) is 11.7 Å². The first kappa shape index (κ1) is 22.2. The Morgan fingerprint density at radius 3 is 2.47 bits per heavy atom. The van der Waals surface area contributed by atoms with Gasteiger partial charge in [-0.3, -0.25) is 14.4 Å². The number of hydrogen-bond acceptors (Lipinski definition) is 4. The SMILES string of the molecule is CCn1ncc(-c2cc(C(=O)N3CCN(Cc4ccc(F)cc4)CC3)c3ccccc3n2)c1C. The summed E-state index contributed by atoms with van der Waals surface area (Å²) >= 11 is 0. The van der Waals surface area contributed by atoms with E-state index in [0.29, 0.717) is 18.7 Å². The van der Waals surface area contributed by atoms with E-state index in [9.17, 15) is 9.18 Å². The monoisotopic (exact) mass is 457 g/mol. The zero-order valence-electron chi connectivity index (χ0n) is 19.5. The summed E-state index contributed by atoms with van der Waals surface area (Å²) < 4.78 is 15.1. The van der Waals surface area contributed by atoms with E-state index in [4.69, 9.17) is 4.98 Å². The van der Waals surface area contributed by atoms with Crippen molar-refractivity contribution in [2.45, 2.75) is 26.9 Å². The van der Waals surface area contributed by atoms with Crippen LogP contribution >= 0.6 is 0 Å². The molecule has 2 aromatic carbocycles. The summed E-state index contributed by atoms with van der Waals surface area (Å²) in [4.78, 5) is 22.7. The van der Waals surface area contributed by atoms with Crippen LogP contribution in [-0.4, -0.2) is 56.7 Å². The smallest absolute Gasteiger partial charge is 0.254 e. The molecule has 0 bridgehead atoms. The molecule has 1 amide bonds. The number of amides is 1. The molecule has 0 aliphatic carbocycles. The fourth-order valence-corrected chi connectivity index (χ4v) is 4.63. The van der Waals surface area contributed by atoms with Crippen LogP contribution in [0.4, 0.5) is 4.39 Å². The second kappa shape index (κ2) is 9.35. The summed E-state index contributed by atoms with van der Waals surface area (Å²) in [6.07, 6.45) is 1.83. The average molecular weight is 458 g/mol. The van der Waals surface area contributed by atoms with Gasteiger partial charge in [-0.05, 0) is 43.7 Å². The standard InChI is InChI=1S/C27H28FN5O/c1-3-33-19(2)24(17-29-33)26-16-23(22-6-4-5-7-25(22)30-26)27(34)32-14-12-31(13-15-32)18-20-8-10-21(28)11-9-20/h4-11,16-17H,3,12-15,18H2,1-2H3. The summed E-state index contributed by atoms with van der Waals surface area (Å²) in [5, 5.41) is 5.32. The van der Waals surface area contributed by atoms with Crippen molar-refractivity contribution in [2.75, 3.05) is 26.2 Å². The highest BCUT2D eigenvalue weighted by molar-refractivity contribution is 6.07. The fraction of sp³-hybridized carbons (Fsp3) is 0.296. The molecular weight excluding hydrogens is 429 g/mol. The van der Waals surface area contributed by atoms with Gasteiger partial charge in [0.15, 0.2) is 0 Å². The predicted octanol–water partition coefficient (Wildman–Crippen LogP) is 4.52. The Morgan fingerprint density at radius 2 is 1.76 bits per heavy atom. The zero-order chi connectivity index (χ0) is 23.7. The summed E-state index contributed by atoms with van der Waals surface area (Å²) in [5.74, 6) is -0.192. The Kier molecular flexibility index (Phi) is 6.11. The second-order valence-corrected chi connectivity index (χ2v) is 8.73. The number of hydrogen-bond donors (Lipinski definition) is 0. The van der Waals surface area contributed by atoms with E-state index >= 15 is 0 Å². The lowest BCUT2D eigenvalue weighted by Crippen LogP contribution is -2.48. The number of carbonyl (C=O) groups is 1. The number of aromatic nitrogens is 3. The number of fused-ring (bicyclic) bond motifs is 1. The average Bonchev–Trinajstić information content (AvgIpc) is 3.25. The van der Waals surface area contributed by atoms with Gasteiger partial charge < -0.3 is 4.90 Å². The molecule has 1 aliphatic heterocycles. The number of rotatable bonds is 5. The maximum absolute atomic E-state index is 13.7. The molecule has 6 nitrogen and oxygen atoms in total. The van der Waals surface area contributed by atoms with E-state index in [0.717, 1.165) is 59.6 Å². The highest BCUT2D eigenvalue weighted by Gasteiger charge is 2.25. The molecule has 0 unspecified atom stereocenters. The molecule has 2 aromatic heterocycles. The van der Waals surface area contributed by atoms with Crippen LogP contribution in [0.5, 0.6) is 0 Å². The number of carbonyl (C=O) groups excluding carboxylic acids is 1. The van der Waals surface area contributed by atoms with Crippen LogP contribution in [-0.2, 0) is 13.1 Å². The normalized spacial score (nSPS) is 14.6. The van der Waals surface area contributed by atoms with Crippen molar-refractivity contribution in [1.29, 1.82) is 0 Å². The van der Waals surface area contributed by atoms with Crippen molar-refractivity contribution in [3.63, 3.8) is 0 Å². The maximum Gasteiger partial charge on any atom is 0.254 e. The number of halogens is 1. The topological polar surface area (TPSA) is 54.3 Å². The quantitative estimate of drug-likeness (QED) is 0.442. The first-order valence-corrected chi connectivity index (χ1v) is 11.7. The number of aryl methyl sites for hydroxylation is 1. The van der Waals surface area contributed by atoms with Gasteiger partial charge in [-0.2, -0.15) is 5.10 Å². The van der Waals surface area contributed by atoms with Crippen LogP contribution in [0.1, 0.15) is 28.5 Å². The van der Waals surface area contributed by atoms with Crippen LogP contribution in [0.25, 0.3) is 22.2 Å². The van der Waals surface area contributed by atoms with Gasteiger partial charge in [-0.1, -0.05) is 30.3 Å². The fourth-order valence-electron chi connectivity index (χ4n) is 4.63. The van der Waals surface area contributed by atoms with Crippen molar-refractivity contribution >= 4 is 16.8 Å². The Hall–Kier alpha value is -3.58. The highest BCUT2D eigenvalue weighted by atomic mass is 19.1. The summed E-state index contributed by atoms with van der Waals surface area (Å²) in [6.45, 7) is 8.49. The number of pyridine rings is 1. The number of nitrogens with zero attached hydrogens (tertiary/aromatic N) is 5. The van der Waals surface area contributed by atoms with Gasteiger partial charge in [-0.15, -0.1) is 0 Å². The molecule has 7 heteroatoms. The zero-order valence-corrected chi connectivity index (χ0v) is 19.5. The Bertz CT molecular complexity index is 1320. The van der Waals surface area contributed by atoms with E-state index in [1.807, 2.05) is 65.2 Å². The summed E-state index contributed by atoms with van der Waals surface area (Å²) in [6, 6.07) is 16.4. The van der Waals surface area contributed by atoms with Gasteiger partial charge in [-0.25, -0.2) is 9.37 Å². The van der Waals surface area contributed by atoms with E-state index < -0.39 is 0 Å². The molecule has 3 heterocycles. The summed E-state index contributed by atoms with van der Waals surface area (Å²) in [5.41, 5.74) is 5.32. The molecule has 1 saturated heterocycles. The lowest BCUT2D eigenvalue weighted by atomic mass is 10.0. The van der Waals surface area contributed by atoms with E-state index in [1.54, 1.807) is 0 Å². The third kappa shape index (κ3) is 4.31. The number of benzene rings is 2. The molecule has 0 N–H and O–H groups in total. The van der Waals surface area contributed by atoms with Crippen molar-refractivity contribution in [2.24, 2.45) is 0 Å². The highest BCUT2D eigenvalue weighted by Crippen LogP contribution is 2.28. The van der Waals surface area contributed by atoms with Crippen LogP contribution in [0, 0.1) is 12.7 Å².